The van der Waals surface area contributed by atoms with Crippen molar-refractivity contribution < 1.29 is 23.9 Å². The summed E-state index contributed by atoms with van der Waals surface area (Å²) in [5.41, 5.74) is 1.46. The van der Waals surface area contributed by atoms with Crippen LogP contribution in [-0.4, -0.2) is 60.4 Å². The Morgan fingerprint density at radius 2 is 2.07 bits per heavy atom. The molecule has 1 fully saturated rings. The maximum atomic E-state index is 12.9. The zero-order chi connectivity index (χ0) is 20.2. The number of rotatable bonds is 7. The minimum absolute atomic E-state index is 0.0624. The van der Waals surface area contributed by atoms with Crippen LogP contribution in [0.25, 0.3) is 0 Å². The van der Waals surface area contributed by atoms with Gasteiger partial charge in [0, 0.05) is 25.2 Å². The maximum absolute atomic E-state index is 12.9. The minimum Gasteiger partial charge on any atom is -0.444 e. The van der Waals surface area contributed by atoms with Crippen LogP contribution in [0.4, 0.5) is 4.79 Å². The average Bonchev–Trinajstić information content (AvgIpc) is 2.81. The zero-order valence-electron chi connectivity index (χ0n) is 16.3. The van der Waals surface area contributed by atoms with E-state index in [0.717, 1.165) is 5.57 Å². The van der Waals surface area contributed by atoms with Crippen molar-refractivity contribution in [2.75, 3.05) is 26.2 Å². The predicted octanol–water partition coefficient (Wildman–Crippen LogP) is 0.449. The largest absolute Gasteiger partial charge is 0.444 e. The van der Waals surface area contributed by atoms with Crippen molar-refractivity contribution in [1.82, 2.24) is 21.1 Å². The number of nitrogens with one attached hydrogen (secondary N) is 3. The molecule has 0 aromatic carbocycles. The van der Waals surface area contributed by atoms with Crippen LogP contribution in [0.2, 0.25) is 0 Å². The van der Waals surface area contributed by atoms with Gasteiger partial charge in [0.05, 0.1) is 13.2 Å². The number of nitrogens with zero attached hydrogens (tertiary/aromatic N) is 1. The molecule has 3 N–H and O–H groups in total. The van der Waals surface area contributed by atoms with Crippen molar-refractivity contribution >= 4 is 17.9 Å². The van der Waals surface area contributed by atoms with Gasteiger partial charge in [0.25, 0.3) is 11.8 Å². The third-order valence-corrected chi connectivity index (χ3v) is 4.26. The number of amides is 3. The summed E-state index contributed by atoms with van der Waals surface area (Å²) < 4.78 is 10.9. The number of hydrogen-bond acceptors (Lipinski definition) is 6. The van der Waals surface area contributed by atoms with Gasteiger partial charge in [-0.25, -0.2) is 4.79 Å². The SMILES string of the molecule is C=CCOC1(C(=O)NCCNC(=O)OC(C)(C)C)C(=O)N2C[C@H]1C(C)=CN2. The molecule has 2 bridgehead atoms. The van der Waals surface area contributed by atoms with Crippen LogP contribution in [-0.2, 0) is 19.1 Å². The second kappa shape index (κ2) is 7.99. The summed E-state index contributed by atoms with van der Waals surface area (Å²) >= 11 is 0. The highest BCUT2D eigenvalue weighted by Gasteiger charge is 2.62. The summed E-state index contributed by atoms with van der Waals surface area (Å²) in [5, 5.41) is 6.61. The third-order valence-electron chi connectivity index (χ3n) is 4.26. The molecule has 2 aliphatic heterocycles. The van der Waals surface area contributed by atoms with E-state index in [-0.39, 0.29) is 19.7 Å². The van der Waals surface area contributed by atoms with E-state index in [4.69, 9.17) is 9.47 Å². The van der Waals surface area contributed by atoms with E-state index in [1.54, 1.807) is 27.0 Å². The van der Waals surface area contributed by atoms with Crippen LogP contribution in [0, 0.1) is 5.92 Å². The number of ether oxygens (including phenoxy) is 2. The monoisotopic (exact) mass is 380 g/mol. The van der Waals surface area contributed by atoms with Gasteiger partial charge in [0.1, 0.15) is 5.60 Å². The molecule has 9 nitrogen and oxygen atoms in total. The number of carbonyl (C=O) groups is 3. The van der Waals surface area contributed by atoms with Crippen molar-refractivity contribution in [1.29, 1.82) is 0 Å². The molecule has 0 aromatic heterocycles. The molecule has 27 heavy (non-hydrogen) atoms. The minimum atomic E-state index is -1.65. The molecule has 2 heterocycles. The smallest absolute Gasteiger partial charge is 0.407 e. The summed E-state index contributed by atoms with van der Waals surface area (Å²) in [7, 11) is 0. The summed E-state index contributed by atoms with van der Waals surface area (Å²) in [6.07, 6.45) is 2.62. The Morgan fingerprint density at radius 3 is 2.70 bits per heavy atom. The van der Waals surface area contributed by atoms with Gasteiger partial charge in [0.2, 0.25) is 5.60 Å². The number of hydrogen-bond donors (Lipinski definition) is 3. The molecule has 1 unspecified atom stereocenters. The van der Waals surface area contributed by atoms with Gasteiger partial charge in [-0.1, -0.05) is 6.08 Å². The van der Waals surface area contributed by atoms with Crippen LogP contribution in [0.5, 0.6) is 0 Å². The van der Waals surface area contributed by atoms with Gasteiger partial charge < -0.3 is 25.5 Å². The topological polar surface area (TPSA) is 109 Å². The molecule has 9 heteroatoms. The van der Waals surface area contributed by atoms with Gasteiger partial charge in [-0.2, -0.15) is 0 Å². The fourth-order valence-electron chi connectivity index (χ4n) is 3.06. The second-order valence-corrected chi connectivity index (χ2v) is 7.51. The van der Waals surface area contributed by atoms with Crippen LogP contribution >= 0.6 is 0 Å². The molecule has 0 aromatic rings. The summed E-state index contributed by atoms with van der Waals surface area (Å²) in [6, 6.07) is 0. The van der Waals surface area contributed by atoms with Crippen LogP contribution in [0.3, 0.4) is 0 Å². The standard InChI is InChI=1S/C18H28N4O5/c1-6-9-26-18(13-11-22(15(18)24)21-10-12(13)2)14(23)19-7-8-20-16(25)27-17(3,4)5/h6,10,13,21H,1,7-9,11H2,2-5H3,(H,19,23)(H,20,25)/t13-,18?/m0/s1. The first-order valence-electron chi connectivity index (χ1n) is 8.86. The van der Waals surface area contributed by atoms with Crippen molar-refractivity contribution in [3.63, 3.8) is 0 Å². The summed E-state index contributed by atoms with van der Waals surface area (Å²) in [4.78, 5) is 37.4. The second-order valence-electron chi connectivity index (χ2n) is 7.51. The number of alkyl carbamates (subject to hydrolysis) is 1. The summed E-state index contributed by atoms with van der Waals surface area (Å²) in [5.74, 6) is -1.38. The Bertz CT molecular complexity index is 655. The molecule has 150 valence electrons. The number of carbonyl (C=O) groups excluding carboxylic acids is 3. The van der Waals surface area contributed by atoms with Gasteiger partial charge in [0.15, 0.2) is 0 Å². The van der Waals surface area contributed by atoms with Crippen molar-refractivity contribution in [3.05, 3.63) is 24.4 Å². The Balaban J connectivity index is 2.00. The first kappa shape index (κ1) is 20.8. The van der Waals surface area contributed by atoms with Crippen molar-refractivity contribution in [3.8, 4) is 0 Å². The van der Waals surface area contributed by atoms with Gasteiger partial charge in [-0.05, 0) is 33.3 Å². The van der Waals surface area contributed by atoms with Gasteiger partial charge in [-0.3, -0.25) is 14.6 Å². The zero-order valence-corrected chi connectivity index (χ0v) is 16.3. The molecule has 1 saturated heterocycles. The van der Waals surface area contributed by atoms with E-state index >= 15 is 0 Å². The number of hydrazine groups is 1. The van der Waals surface area contributed by atoms with Crippen LogP contribution in [0.1, 0.15) is 27.7 Å². The highest BCUT2D eigenvalue weighted by atomic mass is 16.6. The first-order valence-corrected chi connectivity index (χ1v) is 8.86. The van der Waals surface area contributed by atoms with Crippen molar-refractivity contribution in [2.24, 2.45) is 5.92 Å². The lowest BCUT2D eigenvalue weighted by molar-refractivity contribution is -0.163. The van der Waals surface area contributed by atoms with E-state index in [1.165, 1.54) is 11.1 Å². The fourth-order valence-corrected chi connectivity index (χ4v) is 3.06. The first-order chi connectivity index (χ1) is 12.6. The molecule has 2 rings (SSSR count). The molecule has 0 saturated carbocycles. The molecule has 0 aliphatic carbocycles. The normalized spacial score (nSPS) is 24.0. The third kappa shape index (κ3) is 4.41. The molecule has 3 amide bonds. The Morgan fingerprint density at radius 1 is 1.41 bits per heavy atom. The summed E-state index contributed by atoms with van der Waals surface area (Å²) in [6.45, 7) is 11.4. The lowest BCUT2D eigenvalue weighted by atomic mass is 9.84. The Labute approximate surface area is 159 Å². The lowest BCUT2D eigenvalue weighted by Gasteiger charge is -2.30. The van der Waals surface area contributed by atoms with Gasteiger partial charge in [-0.15, -0.1) is 6.58 Å². The molecule has 2 atom stereocenters. The van der Waals surface area contributed by atoms with E-state index in [1.807, 2.05) is 6.92 Å². The lowest BCUT2D eigenvalue weighted by Crippen LogP contribution is -2.58. The average molecular weight is 380 g/mol. The Hall–Kier alpha value is -2.55. The van der Waals surface area contributed by atoms with E-state index < -0.39 is 35.0 Å². The maximum Gasteiger partial charge on any atom is 0.407 e. The molecular weight excluding hydrogens is 352 g/mol. The highest BCUT2D eigenvalue weighted by molar-refractivity contribution is 6.11. The van der Waals surface area contributed by atoms with Crippen molar-refractivity contribution in [2.45, 2.75) is 38.9 Å². The molecule has 0 spiro atoms. The molecule has 0 radical (unpaired) electrons. The molecule has 2 aliphatic rings. The van der Waals surface area contributed by atoms with E-state index in [9.17, 15) is 14.4 Å². The Kier molecular flexibility index (Phi) is 6.15. The van der Waals surface area contributed by atoms with Gasteiger partial charge >= 0.3 is 6.09 Å². The van der Waals surface area contributed by atoms with Crippen LogP contribution < -0.4 is 16.1 Å². The predicted molar refractivity (Wildman–Crippen MR) is 98.2 cm³/mol. The van der Waals surface area contributed by atoms with E-state index in [0.29, 0.717) is 6.54 Å². The fraction of sp³-hybridized carbons (Fsp3) is 0.611. The quantitative estimate of drug-likeness (QED) is 0.336. The molecular formula is C18H28N4O5. The van der Waals surface area contributed by atoms with Crippen LogP contribution in [0.15, 0.2) is 24.4 Å². The number of fused-ring (bicyclic) bond motifs is 2. The highest BCUT2D eigenvalue weighted by Crippen LogP contribution is 2.39. The van der Waals surface area contributed by atoms with E-state index in [2.05, 4.69) is 22.6 Å².